The molecule has 0 atom stereocenters. The number of unbranched alkanes of at least 4 members (excludes halogenated alkanes) is 1. The number of carbonyl (C=O) groups is 2. The first-order chi connectivity index (χ1) is 8.57. The zero-order valence-electron chi connectivity index (χ0n) is 9.38. The number of anilines is 1. The largest absolute Gasteiger partial charge is 0.302 e. The van der Waals surface area contributed by atoms with Crippen LogP contribution in [0.4, 0.5) is 10.1 Å². The van der Waals surface area contributed by atoms with Crippen LogP contribution in [0.25, 0.3) is 0 Å². The van der Waals surface area contributed by atoms with Crippen LogP contribution in [-0.2, 0) is 4.79 Å². The van der Waals surface area contributed by atoms with Crippen LogP contribution in [0.3, 0.4) is 0 Å². The molecule has 0 aromatic heterocycles. The summed E-state index contributed by atoms with van der Waals surface area (Å²) in [6, 6.07) is 2.47. The van der Waals surface area contributed by atoms with E-state index in [0.717, 1.165) is 11.8 Å². The number of halogens is 3. The van der Waals surface area contributed by atoms with Gasteiger partial charge in [0.15, 0.2) is 0 Å². The molecule has 3 nitrogen and oxygen atoms in total. The molecule has 0 spiro atoms. The summed E-state index contributed by atoms with van der Waals surface area (Å²) in [5.41, 5.74) is 0.00702. The van der Waals surface area contributed by atoms with Crippen molar-refractivity contribution in [3.63, 3.8) is 0 Å². The molecule has 6 heteroatoms. The topological polar surface area (TPSA) is 37.4 Å². The van der Waals surface area contributed by atoms with Crippen LogP contribution in [0, 0.1) is 5.82 Å². The number of nitrogens with zero attached hydrogens (tertiary/aromatic N) is 1. The Kier molecular flexibility index (Phi) is 4.02. The van der Waals surface area contributed by atoms with Crippen molar-refractivity contribution in [2.45, 2.75) is 12.8 Å². The molecule has 0 fully saturated rings. The van der Waals surface area contributed by atoms with Crippen molar-refractivity contribution in [3.05, 3.63) is 28.5 Å². The number of ketones is 1. The van der Waals surface area contributed by atoms with Gasteiger partial charge in [0.25, 0.3) is 11.7 Å². The maximum absolute atomic E-state index is 13.8. The average Bonchev–Trinajstić information content (AvgIpc) is 2.60. The number of carbonyl (C=O) groups excluding carboxylic acids is 2. The maximum Gasteiger partial charge on any atom is 0.299 e. The van der Waals surface area contributed by atoms with Gasteiger partial charge < -0.3 is 4.90 Å². The van der Waals surface area contributed by atoms with Gasteiger partial charge in [-0.25, -0.2) is 4.39 Å². The minimum atomic E-state index is -0.728. The first-order valence-electron chi connectivity index (χ1n) is 5.48. The molecule has 0 radical (unpaired) electrons. The van der Waals surface area contributed by atoms with Gasteiger partial charge in [0.2, 0.25) is 0 Å². The maximum atomic E-state index is 13.8. The molecule has 1 aliphatic heterocycles. The number of hydrogen-bond donors (Lipinski definition) is 0. The molecular weight excluding hydrogens is 324 g/mol. The third-order valence-corrected chi connectivity index (χ3v) is 3.66. The highest BCUT2D eigenvalue weighted by Crippen LogP contribution is 2.36. The van der Waals surface area contributed by atoms with E-state index in [1.54, 1.807) is 0 Å². The van der Waals surface area contributed by atoms with Gasteiger partial charge in [-0.3, -0.25) is 9.59 Å². The van der Waals surface area contributed by atoms with Crippen LogP contribution in [0.15, 0.2) is 12.1 Å². The summed E-state index contributed by atoms with van der Waals surface area (Å²) in [4.78, 5) is 24.7. The SMILES string of the molecule is O=C1C(=O)N(CCCCBr)c2c(F)ccc(Cl)c21. The van der Waals surface area contributed by atoms with Crippen molar-refractivity contribution in [2.75, 3.05) is 16.8 Å². The van der Waals surface area contributed by atoms with Crippen LogP contribution < -0.4 is 4.90 Å². The zero-order chi connectivity index (χ0) is 13.3. The fourth-order valence-corrected chi connectivity index (χ4v) is 2.56. The molecule has 1 amide bonds. The third-order valence-electron chi connectivity index (χ3n) is 2.78. The van der Waals surface area contributed by atoms with Gasteiger partial charge in [0.1, 0.15) is 5.82 Å². The second kappa shape index (κ2) is 5.36. The number of fused-ring (bicyclic) bond motifs is 1. The summed E-state index contributed by atoms with van der Waals surface area (Å²) in [5, 5.41) is 0.918. The molecule has 18 heavy (non-hydrogen) atoms. The number of amides is 1. The van der Waals surface area contributed by atoms with E-state index in [1.165, 1.54) is 17.0 Å². The smallest absolute Gasteiger partial charge is 0.299 e. The van der Waals surface area contributed by atoms with Crippen molar-refractivity contribution < 1.29 is 14.0 Å². The summed E-state index contributed by atoms with van der Waals surface area (Å²) < 4.78 is 13.8. The Morgan fingerprint density at radius 2 is 2.00 bits per heavy atom. The molecule has 0 saturated heterocycles. The highest BCUT2D eigenvalue weighted by molar-refractivity contribution is 9.09. The Morgan fingerprint density at radius 1 is 1.28 bits per heavy atom. The zero-order valence-corrected chi connectivity index (χ0v) is 11.7. The molecule has 2 rings (SSSR count). The standard InChI is InChI=1S/C12H10BrClFNO2/c13-5-1-2-6-16-10-8(15)4-3-7(14)9(10)11(17)12(16)18/h3-4H,1-2,5-6H2. The summed E-state index contributed by atoms with van der Waals surface area (Å²) in [6.07, 6.45) is 1.53. The van der Waals surface area contributed by atoms with Crippen LogP contribution in [0.2, 0.25) is 5.02 Å². The van der Waals surface area contributed by atoms with Crippen LogP contribution in [0.1, 0.15) is 23.2 Å². The third kappa shape index (κ3) is 2.17. The van der Waals surface area contributed by atoms with E-state index in [-0.39, 0.29) is 16.3 Å². The lowest BCUT2D eigenvalue weighted by Crippen LogP contribution is -2.31. The highest BCUT2D eigenvalue weighted by Gasteiger charge is 2.39. The molecule has 1 aliphatic rings. The molecule has 1 heterocycles. The van der Waals surface area contributed by atoms with Crippen LogP contribution >= 0.6 is 27.5 Å². The lowest BCUT2D eigenvalue weighted by Gasteiger charge is -2.16. The van der Waals surface area contributed by atoms with Gasteiger partial charge >= 0.3 is 0 Å². The molecule has 0 N–H and O–H groups in total. The Labute approximate surface area is 117 Å². The quantitative estimate of drug-likeness (QED) is 0.482. The summed E-state index contributed by atoms with van der Waals surface area (Å²) in [5.74, 6) is -2.02. The highest BCUT2D eigenvalue weighted by atomic mass is 79.9. The van der Waals surface area contributed by atoms with Crippen molar-refractivity contribution in [3.8, 4) is 0 Å². The Bertz CT molecular complexity index is 521. The monoisotopic (exact) mass is 333 g/mol. The normalized spacial score (nSPS) is 14.3. The van der Waals surface area contributed by atoms with Gasteiger partial charge in [0.05, 0.1) is 16.3 Å². The van der Waals surface area contributed by atoms with Gasteiger partial charge in [-0.05, 0) is 25.0 Å². The lowest BCUT2D eigenvalue weighted by atomic mass is 10.1. The van der Waals surface area contributed by atoms with E-state index in [4.69, 9.17) is 11.6 Å². The van der Waals surface area contributed by atoms with Gasteiger partial charge in [0, 0.05) is 11.9 Å². The minimum absolute atomic E-state index is 0.0134. The number of Topliss-reactive ketones (excluding diaryl/α,β-unsaturated/α-hetero) is 1. The van der Waals surface area contributed by atoms with E-state index in [2.05, 4.69) is 15.9 Å². The fourth-order valence-electron chi connectivity index (χ4n) is 1.93. The minimum Gasteiger partial charge on any atom is -0.302 e. The van der Waals surface area contributed by atoms with Gasteiger partial charge in [-0.15, -0.1) is 0 Å². The van der Waals surface area contributed by atoms with E-state index >= 15 is 0 Å². The predicted octanol–water partition coefficient (Wildman–Crippen LogP) is 3.18. The molecule has 96 valence electrons. The number of hydrogen-bond acceptors (Lipinski definition) is 2. The summed E-state index contributed by atoms with van der Waals surface area (Å²) in [7, 11) is 0. The average molecular weight is 335 g/mol. The number of rotatable bonds is 4. The lowest BCUT2D eigenvalue weighted by molar-refractivity contribution is -0.114. The van der Waals surface area contributed by atoms with Gasteiger partial charge in [-0.1, -0.05) is 27.5 Å². The van der Waals surface area contributed by atoms with Crippen molar-refractivity contribution in [2.24, 2.45) is 0 Å². The fraction of sp³-hybridized carbons (Fsp3) is 0.333. The van der Waals surface area contributed by atoms with Crippen molar-refractivity contribution in [1.82, 2.24) is 0 Å². The predicted molar refractivity (Wildman–Crippen MR) is 71.1 cm³/mol. The Morgan fingerprint density at radius 3 is 2.67 bits per heavy atom. The Hall–Kier alpha value is -0.940. The molecule has 0 unspecified atom stereocenters. The summed E-state index contributed by atoms with van der Waals surface area (Å²) >= 11 is 9.13. The second-order valence-electron chi connectivity index (χ2n) is 3.93. The van der Waals surface area contributed by atoms with E-state index in [0.29, 0.717) is 13.0 Å². The van der Waals surface area contributed by atoms with Crippen molar-refractivity contribution in [1.29, 1.82) is 0 Å². The van der Waals surface area contributed by atoms with E-state index < -0.39 is 17.5 Å². The molecule has 1 aromatic rings. The number of alkyl halides is 1. The van der Waals surface area contributed by atoms with Gasteiger partial charge in [-0.2, -0.15) is 0 Å². The number of benzene rings is 1. The first-order valence-corrected chi connectivity index (χ1v) is 6.98. The van der Waals surface area contributed by atoms with Crippen molar-refractivity contribution >= 4 is 44.9 Å². The van der Waals surface area contributed by atoms with E-state index in [9.17, 15) is 14.0 Å². The first kappa shape index (κ1) is 13.5. The van der Waals surface area contributed by atoms with E-state index in [1.807, 2.05) is 0 Å². The second-order valence-corrected chi connectivity index (χ2v) is 5.14. The summed E-state index contributed by atoms with van der Waals surface area (Å²) in [6.45, 7) is 0.320. The Balaban J connectivity index is 2.39. The molecular formula is C12H10BrClFNO2. The molecule has 1 aromatic carbocycles. The van der Waals surface area contributed by atoms with Crippen LogP contribution in [-0.4, -0.2) is 23.6 Å². The molecule has 0 saturated carbocycles. The van der Waals surface area contributed by atoms with Crippen LogP contribution in [0.5, 0.6) is 0 Å². The molecule has 0 bridgehead atoms. The molecule has 0 aliphatic carbocycles.